The van der Waals surface area contributed by atoms with E-state index < -0.39 is 0 Å². The number of hydrogen-bond donors (Lipinski definition) is 0. The van der Waals surface area contributed by atoms with E-state index in [9.17, 15) is 0 Å². The molecule has 34 heavy (non-hydrogen) atoms. The monoisotopic (exact) mass is 482 g/mol. The summed E-state index contributed by atoms with van der Waals surface area (Å²) < 4.78 is 28.9. The molecule has 0 spiro atoms. The van der Waals surface area contributed by atoms with Gasteiger partial charge in [-0.05, 0) is 60.6 Å². The van der Waals surface area contributed by atoms with Crippen molar-refractivity contribution >= 4 is 22.5 Å². The van der Waals surface area contributed by atoms with Gasteiger partial charge >= 0.3 is 0 Å². The minimum atomic E-state index is -0.123. The van der Waals surface area contributed by atoms with Gasteiger partial charge in [-0.25, -0.2) is 0 Å². The Balaban J connectivity index is 1.32. The topological polar surface area (TPSA) is 46.2 Å². The number of aryl methyl sites for hydroxylation is 1. The molecule has 0 aliphatic carbocycles. The van der Waals surface area contributed by atoms with Crippen LogP contribution in [0.5, 0.6) is 11.5 Å². The summed E-state index contributed by atoms with van der Waals surface area (Å²) in [5.74, 6) is 3.58. The van der Waals surface area contributed by atoms with Crippen molar-refractivity contribution in [1.82, 2.24) is 0 Å². The molecule has 0 N–H and O–H groups in total. The molecular formula is C28H34O5S. The first kappa shape index (κ1) is 24.9. The number of benzene rings is 3. The lowest BCUT2D eigenvalue weighted by Gasteiger charge is -2.27. The van der Waals surface area contributed by atoms with Crippen molar-refractivity contribution in [2.45, 2.75) is 38.1 Å². The van der Waals surface area contributed by atoms with Crippen LogP contribution in [0.3, 0.4) is 0 Å². The molecule has 3 aromatic rings. The van der Waals surface area contributed by atoms with Gasteiger partial charge in [0.05, 0.1) is 0 Å². The zero-order valence-corrected chi connectivity index (χ0v) is 20.6. The molecule has 182 valence electrons. The van der Waals surface area contributed by atoms with Gasteiger partial charge in [-0.2, -0.15) is 11.8 Å². The number of para-hydroxylation sites is 1. The third-order valence-corrected chi connectivity index (χ3v) is 6.89. The molecule has 4 rings (SSSR count). The summed E-state index contributed by atoms with van der Waals surface area (Å²) in [6.07, 6.45) is 4.06. The summed E-state index contributed by atoms with van der Waals surface area (Å²) in [7, 11) is 1.63. The van der Waals surface area contributed by atoms with Gasteiger partial charge in [-0.1, -0.05) is 48.5 Å². The number of rotatable bonds is 13. The fourth-order valence-corrected chi connectivity index (χ4v) is 5.04. The van der Waals surface area contributed by atoms with Gasteiger partial charge in [0.1, 0.15) is 24.2 Å². The minimum Gasteiger partial charge on any atom is -0.491 e. The number of fused-ring (bicyclic) bond motifs is 1. The second kappa shape index (κ2) is 13.6. The Labute approximate surface area is 206 Å². The number of thioether (sulfide) groups is 1. The fraction of sp³-hybridized carbons (Fsp3) is 0.429. The molecule has 0 amide bonds. The Kier molecular flexibility index (Phi) is 9.94. The molecule has 0 aromatic heterocycles. The highest BCUT2D eigenvalue weighted by Gasteiger charge is 2.20. The molecule has 1 aliphatic rings. The number of ether oxygens (including phenoxy) is 5. The van der Waals surface area contributed by atoms with Crippen molar-refractivity contribution in [1.29, 1.82) is 0 Å². The molecular weight excluding hydrogens is 448 g/mol. The van der Waals surface area contributed by atoms with Crippen LogP contribution in [-0.2, 0) is 20.6 Å². The van der Waals surface area contributed by atoms with Gasteiger partial charge in [-0.15, -0.1) is 0 Å². The molecule has 1 heterocycles. The predicted octanol–water partition coefficient (Wildman–Crippen LogP) is 6.09. The van der Waals surface area contributed by atoms with Gasteiger partial charge in [0, 0.05) is 24.9 Å². The van der Waals surface area contributed by atoms with Gasteiger partial charge in [0.25, 0.3) is 0 Å². The van der Waals surface area contributed by atoms with Crippen molar-refractivity contribution in [3.8, 4) is 11.5 Å². The Bertz CT molecular complexity index is 991. The highest BCUT2D eigenvalue weighted by Crippen LogP contribution is 2.29. The average Bonchev–Trinajstić information content (AvgIpc) is 2.89. The highest BCUT2D eigenvalue weighted by atomic mass is 32.2. The van der Waals surface area contributed by atoms with Gasteiger partial charge in [0.15, 0.2) is 13.1 Å². The van der Waals surface area contributed by atoms with Crippen LogP contribution in [0.4, 0.5) is 0 Å². The van der Waals surface area contributed by atoms with Crippen LogP contribution in [0.2, 0.25) is 0 Å². The summed E-state index contributed by atoms with van der Waals surface area (Å²) in [4.78, 5) is 0. The molecule has 0 saturated carbocycles. The summed E-state index contributed by atoms with van der Waals surface area (Å²) in [5.41, 5.74) is 1.32. The average molecular weight is 483 g/mol. The van der Waals surface area contributed by atoms with Crippen molar-refractivity contribution in [3.63, 3.8) is 0 Å². The SMILES string of the molecule is COCOc1cccc2c(CCSC[C@H](COc3ccccc3)OC3CCCCO3)cccc12. The maximum absolute atomic E-state index is 6.29. The van der Waals surface area contributed by atoms with Crippen LogP contribution in [0, 0.1) is 0 Å². The van der Waals surface area contributed by atoms with E-state index in [1.807, 2.05) is 54.2 Å². The van der Waals surface area contributed by atoms with Crippen LogP contribution in [0.25, 0.3) is 10.8 Å². The lowest BCUT2D eigenvalue weighted by Crippen LogP contribution is -2.33. The third kappa shape index (κ3) is 7.37. The van der Waals surface area contributed by atoms with Crippen molar-refractivity contribution in [2.75, 3.05) is 38.6 Å². The van der Waals surface area contributed by atoms with Gasteiger partial charge in [-0.3, -0.25) is 0 Å². The highest BCUT2D eigenvalue weighted by molar-refractivity contribution is 7.99. The van der Waals surface area contributed by atoms with E-state index in [0.717, 1.165) is 60.7 Å². The zero-order chi connectivity index (χ0) is 23.4. The third-order valence-electron chi connectivity index (χ3n) is 5.79. The summed E-state index contributed by atoms with van der Waals surface area (Å²) in [6, 6.07) is 22.5. The summed E-state index contributed by atoms with van der Waals surface area (Å²) in [5, 5.41) is 2.35. The second-order valence-corrected chi connectivity index (χ2v) is 9.47. The van der Waals surface area contributed by atoms with Crippen molar-refractivity contribution < 1.29 is 23.7 Å². The molecule has 0 bridgehead atoms. The summed E-state index contributed by atoms with van der Waals surface area (Å²) >= 11 is 1.89. The largest absolute Gasteiger partial charge is 0.491 e. The standard InChI is InChI=1S/C28H34O5S/c1-29-21-32-27-14-8-12-25-22(9-7-13-26(25)27)16-18-34-20-24(33-28-15-5-6-17-30-28)19-31-23-10-3-2-4-11-23/h2-4,7-14,24,28H,5-6,15-21H2,1H3/t24-,28?/m0/s1. The molecule has 2 atom stereocenters. The van der Waals surface area contributed by atoms with E-state index in [2.05, 4.69) is 24.3 Å². The van der Waals surface area contributed by atoms with E-state index in [1.165, 1.54) is 10.9 Å². The Morgan fingerprint density at radius 1 is 0.941 bits per heavy atom. The van der Waals surface area contributed by atoms with Crippen LogP contribution < -0.4 is 9.47 Å². The van der Waals surface area contributed by atoms with E-state index in [-0.39, 0.29) is 19.2 Å². The first-order valence-electron chi connectivity index (χ1n) is 12.0. The number of hydrogen-bond acceptors (Lipinski definition) is 6. The maximum atomic E-state index is 6.29. The molecule has 1 aliphatic heterocycles. The summed E-state index contributed by atoms with van der Waals surface area (Å²) in [6.45, 7) is 1.54. The first-order chi connectivity index (χ1) is 16.8. The van der Waals surface area contributed by atoms with E-state index in [1.54, 1.807) is 7.11 Å². The molecule has 0 radical (unpaired) electrons. The normalized spacial score (nSPS) is 16.9. The molecule has 1 unspecified atom stereocenters. The smallest absolute Gasteiger partial charge is 0.188 e. The molecule has 5 nitrogen and oxygen atoms in total. The lowest BCUT2D eigenvalue weighted by molar-refractivity contribution is -0.187. The van der Waals surface area contributed by atoms with E-state index in [4.69, 9.17) is 23.7 Å². The van der Waals surface area contributed by atoms with Gasteiger partial charge < -0.3 is 23.7 Å². The van der Waals surface area contributed by atoms with Crippen LogP contribution in [0.15, 0.2) is 66.7 Å². The molecule has 1 fully saturated rings. The molecule has 1 saturated heterocycles. The van der Waals surface area contributed by atoms with Crippen LogP contribution in [-0.4, -0.2) is 51.0 Å². The fourth-order valence-electron chi connectivity index (χ4n) is 4.08. The molecule has 3 aromatic carbocycles. The minimum absolute atomic E-state index is 0.0186. The van der Waals surface area contributed by atoms with Crippen LogP contribution in [0.1, 0.15) is 24.8 Å². The first-order valence-corrected chi connectivity index (χ1v) is 13.1. The van der Waals surface area contributed by atoms with Crippen molar-refractivity contribution in [3.05, 3.63) is 72.3 Å². The zero-order valence-electron chi connectivity index (χ0n) is 19.8. The lowest BCUT2D eigenvalue weighted by atomic mass is 10.0. The Morgan fingerprint density at radius 3 is 2.62 bits per heavy atom. The van der Waals surface area contributed by atoms with E-state index >= 15 is 0 Å². The predicted molar refractivity (Wildman–Crippen MR) is 138 cm³/mol. The van der Waals surface area contributed by atoms with E-state index in [0.29, 0.717) is 6.61 Å². The quantitative estimate of drug-likeness (QED) is 0.217. The second-order valence-electron chi connectivity index (χ2n) is 8.32. The Hall–Kier alpha value is -2.25. The van der Waals surface area contributed by atoms with Crippen molar-refractivity contribution in [2.24, 2.45) is 0 Å². The number of methoxy groups -OCH3 is 1. The van der Waals surface area contributed by atoms with Gasteiger partial charge in [0.2, 0.25) is 0 Å². The molecule has 6 heteroatoms. The van der Waals surface area contributed by atoms with Crippen LogP contribution >= 0.6 is 11.8 Å². The maximum Gasteiger partial charge on any atom is 0.188 e. The Morgan fingerprint density at radius 2 is 1.79 bits per heavy atom.